The standard InChI is InChI=1S/C26H26ClN3O4S/c1-18(2)29-26(31)21(15-28)14-23-10-11-24(34-23)17-30(16-20-6-8-22(27)9-7-20)35(32,33)25-12-4-19(3)5-13-25/h4-14,18H,16-17H2,1-3H3,(H,29,31)/b21-14-. The number of nitrogens with zero attached hydrogens (tertiary/aromatic N) is 2. The van der Waals surface area contributed by atoms with E-state index in [1.54, 1.807) is 74.5 Å². The van der Waals surface area contributed by atoms with Gasteiger partial charge in [0.15, 0.2) is 0 Å². The predicted molar refractivity (Wildman–Crippen MR) is 135 cm³/mol. The number of carbonyl (C=O) groups is 1. The van der Waals surface area contributed by atoms with E-state index in [2.05, 4.69) is 5.32 Å². The van der Waals surface area contributed by atoms with E-state index in [0.717, 1.165) is 11.1 Å². The van der Waals surface area contributed by atoms with Gasteiger partial charge in [0.2, 0.25) is 10.0 Å². The summed E-state index contributed by atoms with van der Waals surface area (Å²) >= 11 is 5.98. The predicted octanol–water partition coefficient (Wildman–Crippen LogP) is 5.06. The van der Waals surface area contributed by atoms with Crippen LogP contribution >= 0.6 is 11.6 Å². The van der Waals surface area contributed by atoms with Crippen molar-refractivity contribution in [1.29, 1.82) is 5.26 Å². The Kier molecular flexibility index (Phi) is 8.52. The first-order chi connectivity index (χ1) is 16.6. The highest BCUT2D eigenvalue weighted by molar-refractivity contribution is 7.89. The van der Waals surface area contributed by atoms with Crippen LogP contribution in [0.15, 0.2) is 75.5 Å². The van der Waals surface area contributed by atoms with Crippen LogP contribution in [0, 0.1) is 18.3 Å². The molecule has 0 aliphatic heterocycles. The van der Waals surface area contributed by atoms with Gasteiger partial charge in [-0.1, -0.05) is 41.4 Å². The number of aryl methyl sites for hydroxylation is 1. The van der Waals surface area contributed by atoms with Crippen LogP contribution in [0.1, 0.15) is 36.5 Å². The first kappa shape index (κ1) is 26.2. The van der Waals surface area contributed by atoms with E-state index < -0.39 is 15.9 Å². The lowest BCUT2D eigenvalue weighted by atomic mass is 10.2. The SMILES string of the molecule is Cc1ccc(S(=O)(=O)N(Cc2ccc(Cl)cc2)Cc2ccc(/C=C(/C#N)C(=O)NC(C)C)o2)cc1. The molecule has 7 nitrogen and oxygen atoms in total. The average molecular weight is 512 g/mol. The van der Waals surface area contributed by atoms with E-state index in [4.69, 9.17) is 16.0 Å². The third-order valence-electron chi connectivity index (χ3n) is 5.02. The summed E-state index contributed by atoms with van der Waals surface area (Å²) in [6.07, 6.45) is 1.33. The number of nitrogens with one attached hydrogen (secondary N) is 1. The van der Waals surface area contributed by atoms with Gasteiger partial charge >= 0.3 is 0 Å². The van der Waals surface area contributed by atoms with Gasteiger partial charge < -0.3 is 9.73 Å². The highest BCUT2D eigenvalue weighted by Gasteiger charge is 2.26. The topological polar surface area (TPSA) is 103 Å². The molecule has 2 aromatic carbocycles. The third kappa shape index (κ3) is 7.06. The van der Waals surface area contributed by atoms with Crippen LogP contribution in [-0.4, -0.2) is 24.7 Å². The van der Waals surface area contributed by atoms with Gasteiger partial charge in [-0.15, -0.1) is 0 Å². The Morgan fingerprint density at radius 1 is 1.09 bits per heavy atom. The highest BCUT2D eigenvalue weighted by Crippen LogP contribution is 2.24. The second-order valence-electron chi connectivity index (χ2n) is 8.31. The molecule has 0 unspecified atom stereocenters. The normalized spacial score (nSPS) is 12.1. The highest BCUT2D eigenvalue weighted by atomic mass is 35.5. The molecular weight excluding hydrogens is 486 g/mol. The van der Waals surface area contributed by atoms with Crippen molar-refractivity contribution in [3.8, 4) is 6.07 Å². The second kappa shape index (κ2) is 11.4. The second-order valence-corrected chi connectivity index (χ2v) is 10.7. The summed E-state index contributed by atoms with van der Waals surface area (Å²) in [5.41, 5.74) is 1.60. The van der Waals surface area contributed by atoms with Crippen molar-refractivity contribution >= 4 is 33.6 Å². The maximum Gasteiger partial charge on any atom is 0.262 e. The number of benzene rings is 2. The lowest BCUT2D eigenvalue weighted by molar-refractivity contribution is -0.117. The molecule has 0 aliphatic rings. The minimum atomic E-state index is -3.86. The van der Waals surface area contributed by atoms with Gasteiger partial charge in [-0.3, -0.25) is 4.79 Å². The van der Waals surface area contributed by atoms with Crippen LogP contribution in [-0.2, 0) is 27.9 Å². The van der Waals surface area contributed by atoms with Crippen molar-refractivity contribution in [1.82, 2.24) is 9.62 Å². The molecule has 0 fully saturated rings. The molecule has 1 amide bonds. The molecule has 35 heavy (non-hydrogen) atoms. The van der Waals surface area contributed by atoms with Crippen molar-refractivity contribution in [3.63, 3.8) is 0 Å². The van der Waals surface area contributed by atoms with Crippen LogP contribution in [0.5, 0.6) is 0 Å². The van der Waals surface area contributed by atoms with E-state index in [1.165, 1.54) is 10.4 Å². The van der Waals surface area contributed by atoms with E-state index in [-0.39, 0.29) is 35.4 Å². The lowest BCUT2D eigenvalue weighted by Gasteiger charge is -2.21. The Morgan fingerprint density at radius 2 is 1.74 bits per heavy atom. The Hall–Kier alpha value is -3.38. The quantitative estimate of drug-likeness (QED) is 0.319. The summed E-state index contributed by atoms with van der Waals surface area (Å²) in [7, 11) is -3.86. The van der Waals surface area contributed by atoms with E-state index in [1.807, 2.05) is 13.0 Å². The minimum absolute atomic E-state index is 0.0489. The Labute approximate surface area is 210 Å². The largest absolute Gasteiger partial charge is 0.460 e. The number of carbonyl (C=O) groups excluding carboxylic acids is 1. The first-order valence-corrected chi connectivity index (χ1v) is 12.7. The number of sulfonamides is 1. The average Bonchev–Trinajstić information content (AvgIpc) is 3.25. The molecule has 3 aromatic rings. The molecule has 182 valence electrons. The van der Waals surface area contributed by atoms with Gasteiger partial charge in [0.25, 0.3) is 5.91 Å². The van der Waals surface area contributed by atoms with Crippen molar-refractivity contribution in [2.45, 2.75) is 44.8 Å². The number of nitriles is 1. The van der Waals surface area contributed by atoms with Gasteiger partial charge in [0.1, 0.15) is 23.2 Å². The number of hydrogen-bond donors (Lipinski definition) is 1. The maximum absolute atomic E-state index is 13.5. The van der Waals surface area contributed by atoms with Gasteiger partial charge in [-0.25, -0.2) is 8.42 Å². The molecule has 0 bridgehead atoms. The number of hydrogen-bond acceptors (Lipinski definition) is 5. The van der Waals surface area contributed by atoms with Crippen LogP contribution in [0.4, 0.5) is 0 Å². The molecule has 0 radical (unpaired) electrons. The smallest absolute Gasteiger partial charge is 0.262 e. The molecule has 3 rings (SSSR count). The number of rotatable bonds is 9. The summed E-state index contributed by atoms with van der Waals surface area (Å²) in [4.78, 5) is 12.3. The molecule has 1 aromatic heterocycles. The maximum atomic E-state index is 13.5. The molecule has 0 saturated heterocycles. The fourth-order valence-corrected chi connectivity index (χ4v) is 4.76. The van der Waals surface area contributed by atoms with Crippen LogP contribution in [0.2, 0.25) is 5.02 Å². The molecular formula is C26H26ClN3O4S. The van der Waals surface area contributed by atoms with Gasteiger partial charge in [0, 0.05) is 23.7 Å². The fourth-order valence-electron chi connectivity index (χ4n) is 3.24. The van der Waals surface area contributed by atoms with Crippen molar-refractivity contribution in [2.24, 2.45) is 0 Å². The number of halogens is 1. The molecule has 0 saturated carbocycles. The van der Waals surface area contributed by atoms with E-state index >= 15 is 0 Å². The van der Waals surface area contributed by atoms with E-state index in [0.29, 0.717) is 10.8 Å². The molecule has 9 heteroatoms. The van der Waals surface area contributed by atoms with Crippen LogP contribution in [0.3, 0.4) is 0 Å². The number of amides is 1. The van der Waals surface area contributed by atoms with Crippen molar-refractivity contribution < 1.29 is 17.6 Å². The first-order valence-electron chi connectivity index (χ1n) is 10.9. The molecule has 0 atom stereocenters. The molecule has 1 N–H and O–H groups in total. The lowest BCUT2D eigenvalue weighted by Crippen LogP contribution is -2.30. The Morgan fingerprint density at radius 3 is 2.34 bits per heavy atom. The fraction of sp³-hybridized carbons (Fsp3) is 0.231. The Balaban J connectivity index is 1.91. The van der Waals surface area contributed by atoms with Gasteiger partial charge in [-0.05, 0) is 62.7 Å². The van der Waals surface area contributed by atoms with Gasteiger partial charge in [-0.2, -0.15) is 9.57 Å². The summed E-state index contributed by atoms with van der Waals surface area (Å²) in [5, 5.41) is 12.6. The zero-order valence-corrected chi connectivity index (χ0v) is 21.2. The molecule has 1 heterocycles. The van der Waals surface area contributed by atoms with Crippen molar-refractivity contribution in [2.75, 3.05) is 0 Å². The van der Waals surface area contributed by atoms with E-state index in [9.17, 15) is 18.5 Å². The molecule has 0 aliphatic carbocycles. The Bertz CT molecular complexity index is 1350. The summed E-state index contributed by atoms with van der Waals surface area (Å²) in [6.45, 7) is 5.52. The van der Waals surface area contributed by atoms with Crippen molar-refractivity contribution in [3.05, 3.63) is 93.9 Å². The van der Waals surface area contributed by atoms with Crippen LogP contribution < -0.4 is 5.32 Å². The third-order valence-corrected chi connectivity index (χ3v) is 7.07. The minimum Gasteiger partial charge on any atom is -0.460 e. The van der Waals surface area contributed by atoms with Gasteiger partial charge in [0.05, 0.1) is 11.4 Å². The summed E-state index contributed by atoms with van der Waals surface area (Å²) in [6, 6.07) is 18.5. The van der Waals surface area contributed by atoms with Crippen LogP contribution in [0.25, 0.3) is 6.08 Å². The molecule has 0 spiro atoms. The zero-order chi connectivity index (χ0) is 25.6. The number of furan rings is 1. The zero-order valence-electron chi connectivity index (χ0n) is 19.7. The summed E-state index contributed by atoms with van der Waals surface area (Å²) < 4.78 is 34.1. The summed E-state index contributed by atoms with van der Waals surface area (Å²) in [5.74, 6) is 0.129. The monoisotopic (exact) mass is 511 g/mol.